The number of hydrogen-bond donors (Lipinski definition) is 2. The summed E-state index contributed by atoms with van der Waals surface area (Å²) in [5.41, 5.74) is 1.62. The molecule has 122 valence electrons. The van der Waals surface area contributed by atoms with Crippen molar-refractivity contribution in [2.45, 2.75) is 17.3 Å². The summed E-state index contributed by atoms with van der Waals surface area (Å²) < 4.78 is 1.82. The minimum atomic E-state index is -0.909. The van der Waals surface area contributed by atoms with Gasteiger partial charge >= 0.3 is 5.97 Å². The van der Waals surface area contributed by atoms with Crippen LogP contribution in [-0.4, -0.2) is 36.2 Å². The predicted octanol–water partition coefficient (Wildman–Crippen LogP) is 3.21. The van der Waals surface area contributed by atoms with E-state index in [4.69, 9.17) is 5.11 Å². The second-order valence-electron chi connectivity index (χ2n) is 5.12. The van der Waals surface area contributed by atoms with Crippen LogP contribution in [0.3, 0.4) is 0 Å². The minimum Gasteiger partial charge on any atom is -0.508 e. The van der Waals surface area contributed by atoms with Crippen LogP contribution >= 0.6 is 11.8 Å². The van der Waals surface area contributed by atoms with Crippen LogP contribution in [0.25, 0.3) is 17.1 Å². The first-order chi connectivity index (χ1) is 11.6. The lowest BCUT2D eigenvalue weighted by molar-refractivity contribution is -0.136. The molecule has 2 N–H and O–H groups in total. The largest absolute Gasteiger partial charge is 0.508 e. The number of nitrogens with zero attached hydrogens (tertiary/aromatic N) is 3. The highest BCUT2D eigenvalue weighted by atomic mass is 32.2. The molecule has 6 nitrogen and oxygen atoms in total. The van der Waals surface area contributed by atoms with Gasteiger partial charge in [-0.15, -0.1) is 10.2 Å². The number of benzene rings is 2. The Kier molecular flexibility index (Phi) is 4.52. The Morgan fingerprint density at radius 2 is 1.75 bits per heavy atom. The van der Waals surface area contributed by atoms with Crippen LogP contribution < -0.4 is 0 Å². The molecule has 1 atom stereocenters. The Hall–Kier alpha value is -2.80. The lowest BCUT2D eigenvalue weighted by Crippen LogP contribution is -2.12. The normalized spacial score (nSPS) is 12.0. The molecule has 7 heteroatoms. The number of phenolic OH excluding ortho intramolecular Hbond substituents is 1. The number of carboxylic acid groups (broad SMARTS) is 1. The van der Waals surface area contributed by atoms with E-state index in [1.165, 1.54) is 0 Å². The highest BCUT2D eigenvalue weighted by Gasteiger charge is 2.21. The van der Waals surface area contributed by atoms with Crippen LogP contribution in [-0.2, 0) is 4.79 Å². The molecule has 0 aliphatic heterocycles. The Morgan fingerprint density at radius 1 is 1.08 bits per heavy atom. The predicted molar refractivity (Wildman–Crippen MR) is 91.4 cm³/mol. The molecule has 0 radical (unpaired) electrons. The molecular formula is C17H15N3O3S. The molecule has 2 aromatic carbocycles. The highest BCUT2D eigenvalue weighted by molar-refractivity contribution is 8.00. The van der Waals surface area contributed by atoms with E-state index in [1.807, 2.05) is 34.9 Å². The lowest BCUT2D eigenvalue weighted by Gasteiger charge is -2.11. The van der Waals surface area contributed by atoms with Crippen LogP contribution in [0.5, 0.6) is 5.75 Å². The van der Waals surface area contributed by atoms with E-state index in [0.29, 0.717) is 11.0 Å². The Balaban J connectivity index is 2.11. The van der Waals surface area contributed by atoms with Gasteiger partial charge in [0.05, 0.1) is 0 Å². The zero-order chi connectivity index (χ0) is 17.1. The Morgan fingerprint density at radius 3 is 2.38 bits per heavy atom. The lowest BCUT2D eigenvalue weighted by atomic mass is 10.2. The van der Waals surface area contributed by atoms with Gasteiger partial charge in [-0.1, -0.05) is 30.0 Å². The van der Waals surface area contributed by atoms with Gasteiger partial charge in [-0.05, 0) is 43.3 Å². The number of phenols is 1. The first kappa shape index (κ1) is 16.1. The average Bonchev–Trinajstić information content (AvgIpc) is 2.99. The molecule has 0 saturated heterocycles. The molecule has 0 fully saturated rings. The fourth-order valence-electron chi connectivity index (χ4n) is 2.16. The molecule has 0 unspecified atom stereocenters. The molecule has 3 rings (SSSR count). The van der Waals surface area contributed by atoms with Gasteiger partial charge in [-0.3, -0.25) is 9.36 Å². The Labute approximate surface area is 142 Å². The molecule has 0 saturated carbocycles. The number of aromatic nitrogens is 3. The number of rotatable bonds is 5. The summed E-state index contributed by atoms with van der Waals surface area (Å²) in [6, 6.07) is 16.1. The third-order valence-electron chi connectivity index (χ3n) is 3.40. The summed E-state index contributed by atoms with van der Waals surface area (Å²) in [5, 5.41) is 26.9. The first-order valence-corrected chi connectivity index (χ1v) is 8.14. The smallest absolute Gasteiger partial charge is 0.316 e. The van der Waals surface area contributed by atoms with Gasteiger partial charge in [0.25, 0.3) is 0 Å². The van der Waals surface area contributed by atoms with Crippen molar-refractivity contribution in [1.29, 1.82) is 0 Å². The fraction of sp³-hybridized carbons (Fsp3) is 0.118. The standard InChI is InChI=1S/C17H15N3O3S/c1-11(16(22)23)24-17-19-18-15(12-7-9-14(21)10-8-12)20(17)13-5-3-2-4-6-13/h2-11,21H,1H3,(H,22,23)/t11-/m0/s1. The molecule has 1 heterocycles. The van der Waals surface area contributed by atoms with Gasteiger partial charge in [0.15, 0.2) is 11.0 Å². The third kappa shape index (κ3) is 3.26. The molecular weight excluding hydrogens is 326 g/mol. The zero-order valence-electron chi connectivity index (χ0n) is 12.8. The Bertz CT molecular complexity index is 847. The van der Waals surface area contributed by atoms with Crippen LogP contribution in [0.2, 0.25) is 0 Å². The number of aromatic hydroxyl groups is 1. The number of hydrogen-bond acceptors (Lipinski definition) is 5. The van der Waals surface area contributed by atoms with Crippen molar-refractivity contribution in [1.82, 2.24) is 14.8 Å². The van der Waals surface area contributed by atoms with Crippen molar-refractivity contribution in [2.75, 3.05) is 0 Å². The average molecular weight is 341 g/mol. The van der Waals surface area contributed by atoms with Gasteiger partial charge in [0.1, 0.15) is 11.0 Å². The molecule has 1 aromatic heterocycles. The third-order valence-corrected chi connectivity index (χ3v) is 4.43. The van der Waals surface area contributed by atoms with Crippen LogP contribution in [0, 0.1) is 0 Å². The summed E-state index contributed by atoms with van der Waals surface area (Å²) in [4.78, 5) is 11.2. The SMILES string of the molecule is C[C@H](Sc1nnc(-c2ccc(O)cc2)n1-c1ccccc1)C(=O)O. The van der Waals surface area contributed by atoms with E-state index in [2.05, 4.69) is 10.2 Å². The van der Waals surface area contributed by atoms with Gasteiger partial charge in [-0.2, -0.15) is 0 Å². The summed E-state index contributed by atoms with van der Waals surface area (Å²) in [7, 11) is 0. The maximum atomic E-state index is 11.2. The monoisotopic (exact) mass is 341 g/mol. The second-order valence-corrected chi connectivity index (χ2v) is 6.43. The van der Waals surface area contributed by atoms with E-state index >= 15 is 0 Å². The van der Waals surface area contributed by atoms with Crippen molar-refractivity contribution in [2.24, 2.45) is 0 Å². The van der Waals surface area contributed by atoms with Gasteiger partial charge in [0.2, 0.25) is 0 Å². The molecule has 24 heavy (non-hydrogen) atoms. The van der Waals surface area contributed by atoms with E-state index in [1.54, 1.807) is 31.2 Å². The van der Waals surface area contributed by atoms with Crippen molar-refractivity contribution < 1.29 is 15.0 Å². The van der Waals surface area contributed by atoms with Gasteiger partial charge in [0, 0.05) is 11.3 Å². The van der Waals surface area contributed by atoms with Crippen molar-refractivity contribution in [3.63, 3.8) is 0 Å². The van der Waals surface area contributed by atoms with Crippen molar-refractivity contribution in [3.8, 4) is 22.8 Å². The highest BCUT2D eigenvalue weighted by Crippen LogP contribution is 2.30. The number of para-hydroxylation sites is 1. The van der Waals surface area contributed by atoms with Crippen molar-refractivity contribution in [3.05, 3.63) is 54.6 Å². The molecule has 0 bridgehead atoms. The number of carboxylic acids is 1. The van der Waals surface area contributed by atoms with Crippen LogP contribution in [0.15, 0.2) is 59.8 Å². The van der Waals surface area contributed by atoms with E-state index in [-0.39, 0.29) is 5.75 Å². The van der Waals surface area contributed by atoms with Gasteiger partial charge < -0.3 is 10.2 Å². The van der Waals surface area contributed by atoms with Crippen LogP contribution in [0.4, 0.5) is 0 Å². The molecule has 3 aromatic rings. The number of carbonyl (C=O) groups is 1. The van der Waals surface area contributed by atoms with E-state index < -0.39 is 11.2 Å². The molecule has 0 amide bonds. The molecule has 0 spiro atoms. The zero-order valence-corrected chi connectivity index (χ0v) is 13.6. The number of thioether (sulfide) groups is 1. The quantitative estimate of drug-likeness (QED) is 0.693. The fourth-order valence-corrected chi connectivity index (χ4v) is 2.96. The summed E-state index contributed by atoms with van der Waals surface area (Å²) in [6.45, 7) is 1.61. The van der Waals surface area contributed by atoms with E-state index in [9.17, 15) is 9.90 Å². The van der Waals surface area contributed by atoms with E-state index in [0.717, 1.165) is 23.0 Å². The minimum absolute atomic E-state index is 0.165. The topological polar surface area (TPSA) is 88.2 Å². The maximum absolute atomic E-state index is 11.2. The van der Waals surface area contributed by atoms with Gasteiger partial charge in [-0.25, -0.2) is 0 Å². The molecule has 0 aliphatic rings. The summed E-state index contributed by atoms with van der Waals surface area (Å²) >= 11 is 1.13. The molecule has 0 aliphatic carbocycles. The summed E-state index contributed by atoms with van der Waals surface area (Å²) in [6.07, 6.45) is 0. The summed E-state index contributed by atoms with van der Waals surface area (Å²) in [5.74, 6) is -0.159. The van der Waals surface area contributed by atoms with Crippen LogP contribution in [0.1, 0.15) is 6.92 Å². The maximum Gasteiger partial charge on any atom is 0.316 e. The van der Waals surface area contributed by atoms with Crippen molar-refractivity contribution >= 4 is 17.7 Å². The number of aliphatic carboxylic acids is 1. The second kappa shape index (κ2) is 6.76. The first-order valence-electron chi connectivity index (χ1n) is 7.26.